The summed E-state index contributed by atoms with van der Waals surface area (Å²) in [6.07, 6.45) is -4.41. The van der Waals surface area contributed by atoms with E-state index in [-0.39, 0.29) is 5.91 Å². The van der Waals surface area contributed by atoms with Crippen LogP contribution in [0.3, 0.4) is 0 Å². The van der Waals surface area contributed by atoms with Gasteiger partial charge in [0, 0.05) is 11.3 Å². The molecule has 1 heterocycles. The van der Waals surface area contributed by atoms with Crippen molar-refractivity contribution in [2.75, 3.05) is 5.32 Å². The zero-order chi connectivity index (χ0) is 20.3. The summed E-state index contributed by atoms with van der Waals surface area (Å²) in [5.74, 6) is 0.240. The first kappa shape index (κ1) is 19.9. The zero-order valence-corrected chi connectivity index (χ0v) is 15.9. The molecule has 0 aliphatic rings. The highest BCUT2D eigenvalue weighted by Gasteiger charge is 2.30. The fraction of sp³-hybridized carbons (Fsp3) is 0.211. The second-order valence-corrected chi connectivity index (χ2v) is 7.47. The van der Waals surface area contributed by atoms with Crippen molar-refractivity contribution in [3.8, 4) is 11.4 Å². The maximum Gasteiger partial charge on any atom is 0.416 e. The van der Waals surface area contributed by atoms with Gasteiger partial charge in [0.25, 0.3) is 0 Å². The van der Waals surface area contributed by atoms with Gasteiger partial charge < -0.3 is 5.32 Å². The van der Waals surface area contributed by atoms with Crippen molar-refractivity contribution in [1.29, 1.82) is 0 Å². The van der Waals surface area contributed by atoms with E-state index in [9.17, 15) is 18.0 Å². The van der Waals surface area contributed by atoms with Gasteiger partial charge >= 0.3 is 6.18 Å². The van der Waals surface area contributed by atoms with Gasteiger partial charge in [-0.25, -0.2) is 4.98 Å². The molecule has 1 amide bonds. The number of alkyl halides is 3. The van der Waals surface area contributed by atoms with Crippen LogP contribution >= 0.6 is 11.8 Å². The minimum atomic E-state index is -4.41. The number of hydrogen-bond donors (Lipinski definition) is 2. The normalized spacial score (nSPS) is 12.6. The smallest absolute Gasteiger partial charge is 0.325 e. The minimum Gasteiger partial charge on any atom is -0.325 e. The fourth-order valence-corrected chi connectivity index (χ4v) is 3.06. The van der Waals surface area contributed by atoms with Gasteiger partial charge in [0.05, 0.1) is 10.8 Å². The highest BCUT2D eigenvalue weighted by atomic mass is 32.2. The van der Waals surface area contributed by atoms with Gasteiger partial charge in [-0.2, -0.15) is 13.2 Å². The van der Waals surface area contributed by atoms with E-state index in [2.05, 4.69) is 20.5 Å². The molecule has 5 nitrogen and oxygen atoms in total. The number of H-pyrrole nitrogens is 1. The van der Waals surface area contributed by atoms with Crippen LogP contribution in [0.5, 0.6) is 0 Å². The number of halogens is 3. The number of rotatable bonds is 5. The summed E-state index contributed by atoms with van der Waals surface area (Å²) in [5, 5.41) is 9.40. The molecule has 1 atom stereocenters. The molecule has 0 spiro atoms. The summed E-state index contributed by atoms with van der Waals surface area (Å²) >= 11 is 1.15. The molecule has 0 radical (unpaired) electrons. The number of amides is 1. The lowest BCUT2D eigenvalue weighted by Gasteiger charge is -2.11. The van der Waals surface area contributed by atoms with E-state index in [1.165, 1.54) is 12.1 Å². The lowest BCUT2D eigenvalue weighted by atomic mass is 10.1. The Kier molecular flexibility index (Phi) is 5.73. The van der Waals surface area contributed by atoms with Crippen LogP contribution in [-0.4, -0.2) is 26.3 Å². The molecule has 2 N–H and O–H groups in total. The third kappa shape index (κ3) is 4.92. The Hall–Kier alpha value is -2.81. The Morgan fingerprint density at radius 1 is 1.11 bits per heavy atom. The number of nitrogens with one attached hydrogen (secondary N) is 2. The lowest BCUT2D eigenvalue weighted by Crippen LogP contribution is -2.22. The Morgan fingerprint density at radius 2 is 1.75 bits per heavy atom. The Morgan fingerprint density at radius 3 is 2.36 bits per heavy atom. The molecule has 0 unspecified atom stereocenters. The molecular weight excluding hydrogens is 389 g/mol. The molecular formula is C19H17F3N4OS. The average Bonchev–Trinajstić information content (AvgIpc) is 3.10. The first-order chi connectivity index (χ1) is 13.2. The van der Waals surface area contributed by atoms with Crippen LogP contribution in [0, 0.1) is 6.92 Å². The van der Waals surface area contributed by atoms with E-state index in [0.717, 1.165) is 35.0 Å². The molecule has 1 aromatic heterocycles. The van der Waals surface area contributed by atoms with E-state index in [4.69, 9.17) is 0 Å². The maximum absolute atomic E-state index is 12.6. The molecule has 28 heavy (non-hydrogen) atoms. The molecule has 0 aliphatic heterocycles. The summed E-state index contributed by atoms with van der Waals surface area (Å²) < 4.78 is 37.8. The third-order valence-corrected chi connectivity index (χ3v) is 4.88. The number of anilines is 1. The number of benzene rings is 2. The lowest BCUT2D eigenvalue weighted by molar-refractivity contribution is -0.137. The number of aryl methyl sites for hydroxylation is 1. The number of hydrogen-bond acceptors (Lipinski definition) is 4. The predicted octanol–water partition coefficient (Wildman–Crippen LogP) is 4.92. The van der Waals surface area contributed by atoms with E-state index in [1.54, 1.807) is 6.92 Å². The molecule has 2 aromatic carbocycles. The standard InChI is InChI=1S/C19H17F3N4OS/c1-11-3-5-13(6-4-11)16-24-18(26-25-16)28-12(2)17(27)23-15-9-7-14(8-10-15)19(20,21)22/h3-10,12H,1-2H3,(H,23,27)(H,24,25,26)/t12-/m0/s1. The second kappa shape index (κ2) is 8.05. The van der Waals surface area contributed by atoms with Crippen molar-refractivity contribution in [3.63, 3.8) is 0 Å². The minimum absolute atomic E-state index is 0.292. The van der Waals surface area contributed by atoms with Gasteiger partial charge in [-0.05, 0) is 38.1 Å². The SMILES string of the molecule is Cc1ccc(-c2nc(S[C@@H](C)C(=O)Nc3ccc(C(F)(F)F)cc3)n[nH]2)cc1. The Balaban J connectivity index is 1.61. The van der Waals surface area contributed by atoms with Crippen LogP contribution in [-0.2, 0) is 11.0 Å². The number of carbonyl (C=O) groups is 1. The van der Waals surface area contributed by atoms with Gasteiger partial charge in [0.2, 0.25) is 11.1 Å². The van der Waals surface area contributed by atoms with Crippen LogP contribution in [0.2, 0.25) is 0 Å². The quantitative estimate of drug-likeness (QED) is 0.590. The Bertz CT molecular complexity index is 953. The van der Waals surface area contributed by atoms with Gasteiger partial charge in [0.15, 0.2) is 5.82 Å². The molecule has 9 heteroatoms. The first-order valence-corrected chi connectivity index (χ1v) is 9.24. The van der Waals surface area contributed by atoms with Crippen molar-refractivity contribution in [1.82, 2.24) is 15.2 Å². The fourth-order valence-electron chi connectivity index (χ4n) is 2.34. The third-order valence-electron chi connectivity index (χ3n) is 3.92. The van der Waals surface area contributed by atoms with Gasteiger partial charge in [0.1, 0.15) is 0 Å². The summed E-state index contributed by atoms with van der Waals surface area (Å²) in [6.45, 7) is 3.66. The first-order valence-electron chi connectivity index (χ1n) is 8.36. The van der Waals surface area contributed by atoms with Crippen molar-refractivity contribution in [2.45, 2.75) is 30.4 Å². The van der Waals surface area contributed by atoms with Crippen LogP contribution in [0.1, 0.15) is 18.1 Å². The molecule has 0 bridgehead atoms. The topological polar surface area (TPSA) is 70.7 Å². The molecule has 0 aliphatic carbocycles. The number of thioether (sulfide) groups is 1. The van der Waals surface area contributed by atoms with Gasteiger partial charge in [-0.1, -0.05) is 41.6 Å². The van der Waals surface area contributed by atoms with E-state index in [1.807, 2.05) is 31.2 Å². The average molecular weight is 406 g/mol. The zero-order valence-electron chi connectivity index (χ0n) is 15.0. The molecule has 3 rings (SSSR count). The largest absolute Gasteiger partial charge is 0.416 e. The number of nitrogens with zero attached hydrogens (tertiary/aromatic N) is 2. The summed E-state index contributed by atoms with van der Waals surface area (Å²) in [6, 6.07) is 12.1. The van der Waals surface area contributed by atoms with Gasteiger partial charge in [-0.3, -0.25) is 9.89 Å². The van der Waals surface area contributed by atoms with Crippen molar-refractivity contribution in [3.05, 3.63) is 59.7 Å². The van der Waals surface area contributed by atoms with Crippen molar-refractivity contribution >= 4 is 23.4 Å². The highest BCUT2D eigenvalue weighted by Crippen LogP contribution is 2.30. The van der Waals surface area contributed by atoms with Crippen LogP contribution < -0.4 is 5.32 Å². The van der Waals surface area contributed by atoms with Crippen molar-refractivity contribution < 1.29 is 18.0 Å². The maximum atomic E-state index is 12.6. The molecule has 0 fully saturated rings. The summed E-state index contributed by atoms with van der Waals surface area (Å²) in [5.41, 5.74) is 1.54. The number of aromatic nitrogens is 3. The molecule has 3 aromatic rings. The monoisotopic (exact) mass is 406 g/mol. The second-order valence-electron chi connectivity index (χ2n) is 6.16. The summed E-state index contributed by atoms with van der Waals surface area (Å²) in [7, 11) is 0. The van der Waals surface area contributed by atoms with E-state index in [0.29, 0.717) is 16.7 Å². The Labute approximate surface area is 163 Å². The van der Waals surface area contributed by atoms with Crippen LogP contribution in [0.15, 0.2) is 53.7 Å². The summed E-state index contributed by atoms with van der Waals surface area (Å²) in [4.78, 5) is 16.7. The molecule has 0 saturated heterocycles. The number of carbonyl (C=O) groups excluding carboxylic acids is 1. The van der Waals surface area contributed by atoms with Crippen LogP contribution in [0.25, 0.3) is 11.4 Å². The molecule has 146 valence electrons. The molecule has 0 saturated carbocycles. The highest BCUT2D eigenvalue weighted by molar-refractivity contribution is 8.00. The van der Waals surface area contributed by atoms with Crippen LogP contribution in [0.4, 0.5) is 18.9 Å². The van der Waals surface area contributed by atoms with Gasteiger partial charge in [-0.15, -0.1) is 5.10 Å². The predicted molar refractivity (Wildman–Crippen MR) is 102 cm³/mol. The van der Waals surface area contributed by atoms with E-state index >= 15 is 0 Å². The van der Waals surface area contributed by atoms with Crippen molar-refractivity contribution in [2.24, 2.45) is 0 Å². The van der Waals surface area contributed by atoms with E-state index < -0.39 is 17.0 Å². The number of aromatic amines is 1.